The van der Waals surface area contributed by atoms with Gasteiger partial charge in [-0.15, -0.1) is 0 Å². The molecular weight excluding hydrogens is 332 g/mol. The molecule has 0 aliphatic heterocycles. The third-order valence-electron chi connectivity index (χ3n) is 4.19. The van der Waals surface area contributed by atoms with Crippen molar-refractivity contribution in [2.75, 3.05) is 20.8 Å². The van der Waals surface area contributed by atoms with E-state index in [-0.39, 0.29) is 17.9 Å². The van der Waals surface area contributed by atoms with E-state index in [0.29, 0.717) is 22.3 Å². The minimum atomic E-state index is -0.570. The maximum atomic E-state index is 12.3. The summed E-state index contributed by atoms with van der Waals surface area (Å²) in [5.41, 5.74) is 1.75. The van der Waals surface area contributed by atoms with Crippen LogP contribution < -0.4 is 9.47 Å². The Morgan fingerprint density at radius 1 is 1.04 bits per heavy atom. The SMILES string of the molecule is CCOC(=O)c1cc(-c2ccccc2)c2c(OC)c(OC)ccc2c1O. The molecule has 3 rings (SSSR count). The van der Waals surface area contributed by atoms with Crippen molar-refractivity contribution in [1.82, 2.24) is 0 Å². The molecule has 0 fully saturated rings. The Labute approximate surface area is 151 Å². The molecule has 0 aliphatic carbocycles. The van der Waals surface area contributed by atoms with Crippen molar-refractivity contribution in [3.05, 3.63) is 54.1 Å². The van der Waals surface area contributed by atoms with Gasteiger partial charge in [0.25, 0.3) is 0 Å². The summed E-state index contributed by atoms with van der Waals surface area (Å²) in [5.74, 6) is 0.327. The van der Waals surface area contributed by atoms with Gasteiger partial charge >= 0.3 is 5.97 Å². The lowest BCUT2D eigenvalue weighted by atomic mass is 9.93. The summed E-state index contributed by atoms with van der Waals surface area (Å²) in [6, 6.07) is 14.6. The van der Waals surface area contributed by atoms with E-state index in [9.17, 15) is 9.90 Å². The number of aromatic hydroxyl groups is 1. The molecule has 0 bridgehead atoms. The highest BCUT2D eigenvalue weighted by Gasteiger charge is 2.22. The fourth-order valence-corrected chi connectivity index (χ4v) is 3.03. The van der Waals surface area contributed by atoms with Crippen LogP contribution in [0.4, 0.5) is 0 Å². The van der Waals surface area contributed by atoms with Crippen LogP contribution in [0.15, 0.2) is 48.5 Å². The van der Waals surface area contributed by atoms with Gasteiger partial charge < -0.3 is 19.3 Å². The number of fused-ring (bicyclic) bond motifs is 1. The molecule has 134 valence electrons. The highest BCUT2D eigenvalue weighted by atomic mass is 16.5. The van der Waals surface area contributed by atoms with E-state index in [0.717, 1.165) is 11.1 Å². The van der Waals surface area contributed by atoms with Crippen molar-refractivity contribution >= 4 is 16.7 Å². The Hall–Kier alpha value is -3.21. The average Bonchev–Trinajstić information content (AvgIpc) is 2.68. The monoisotopic (exact) mass is 352 g/mol. The van der Waals surface area contributed by atoms with Crippen LogP contribution in [0.1, 0.15) is 17.3 Å². The molecular formula is C21H20O5. The molecule has 0 aromatic heterocycles. The van der Waals surface area contributed by atoms with Gasteiger partial charge in [-0.2, -0.15) is 0 Å². The number of esters is 1. The van der Waals surface area contributed by atoms with Crippen LogP contribution in [-0.2, 0) is 4.74 Å². The van der Waals surface area contributed by atoms with E-state index in [1.54, 1.807) is 39.3 Å². The lowest BCUT2D eigenvalue weighted by Gasteiger charge is -2.17. The number of carbonyl (C=O) groups is 1. The zero-order valence-electron chi connectivity index (χ0n) is 14.9. The number of methoxy groups -OCH3 is 2. The van der Waals surface area contributed by atoms with E-state index in [1.807, 2.05) is 30.3 Å². The highest BCUT2D eigenvalue weighted by Crippen LogP contribution is 2.45. The van der Waals surface area contributed by atoms with Crippen LogP contribution in [-0.4, -0.2) is 31.9 Å². The first kappa shape index (κ1) is 17.6. The van der Waals surface area contributed by atoms with Gasteiger partial charge in [-0.3, -0.25) is 0 Å². The van der Waals surface area contributed by atoms with E-state index in [1.165, 1.54) is 0 Å². The van der Waals surface area contributed by atoms with Crippen molar-refractivity contribution in [2.45, 2.75) is 6.92 Å². The second-order valence-corrected chi connectivity index (χ2v) is 5.63. The Kier molecular flexibility index (Phi) is 4.98. The molecule has 0 amide bonds. The van der Waals surface area contributed by atoms with Gasteiger partial charge in [-0.05, 0) is 36.2 Å². The molecule has 0 unspecified atom stereocenters. The number of benzene rings is 3. The van der Waals surface area contributed by atoms with Crippen molar-refractivity contribution < 1.29 is 24.1 Å². The number of rotatable bonds is 5. The molecule has 3 aromatic carbocycles. The first-order chi connectivity index (χ1) is 12.6. The van der Waals surface area contributed by atoms with Crippen LogP contribution in [0.3, 0.4) is 0 Å². The van der Waals surface area contributed by atoms with Crippen molar-refractivity contribution in [2.24, 2.45) is 0 Å². The number of ether oxygens (including phenoxy) is 3. The summed E-state index contributed by atoms with van der Waals surface area (Å²) in [6.45, 7) is 1.95. The lowest BCUT2D eigenvalue weighted by molar-refractivity contribution is 0.0523. The van der Waals surface area contributed by atoms with E-state index in [2.05, 4.69) is 0 Å². The summed E-state index contributed by atoms with van der Waals surface area (Å²) in [4.78, 5) is 12.3. The van der Waals surface area contributed by atoms with Crippen LogP contribution in [0.2, 0.25) is 0 Å². The number of carbonyl (C=O) groups excluding carboxylic acids is 1. The standard InChI is InChI=1S/C21H20O5/c1-4-26-21(23)16-12-15(13-8-6-5-7-9-13)18-14(19(16)22)10-11-17(24-2)20(18)25-3/h5-12,22H,4H2,1-3H3. The lowest BCUT2D eigenvalue weighted by Crippen LogP contribution is -2.06. The van der Waals surface area contributed by atoms with Crippen molar-refractivity contribution in [3.8, 4) is 28.4 Å². The summed E-state index contributed by atoms with van der Waals surface area (Å²) in [5, 5.41) is 11.9. The average molecular weight is 352 g/mol. The van der Waals surface area contributed by atoms with E-state index in [4.69, 9.17) is 14.2 Å². The first-order valence-electron chi connectivity index (χ1n) is 8.25. The number of hydrogen-bond donors (Lipinski definition) is 1. The fourth-order valence-electron chi connectivity index (χ4n) is 3.03. The van der Waals surface area contributed by atoms with Gasteiger partial charge in [0.05, 0.1) is 20.8 Å². The Morgan fingerprint density at radius 2 is 1.77 bits per heavy atom. The second kappa shape index (κ2) is 7.35. The molecule has 0 heterocycles. The quantitative estimate of drug-likeness (QED) is 0.689. The van der Waals surface area contributed by atoms with Crippen LogP contribution >= 0.6 is 0 Å². The van der Waals surface area contributed by atoms with Gasteiger partial charge in [0.15, 0.2) is 11.5 Å². The zero-order chi connectivity index (χ0) is 18.7. The molecule has 0 radical (unpaired) electrons. The highest BCUT2D eigenvalue weighted by molar-refractivity contribution is 6.10. The van der Waals surface area contributed by atoms with Gasteiger partial charge in [0, 0.05) is 10.8 Å². The van der Waals surface area contributed by atoms with Crippen molar-refractivity contribution in [1.29, 1.82) is 0 Å². The number of phenols is 1. The van der Waals surface area contributed by atoms with Crippen LogP contribution in [0.25, 0.3) is 21.9 Å². The maximum absolute atomic E-state index is 12.3. The topological polar surface area (TPSA) is 65.0 Å². The molecule has 26 heavy (non-hydrogen) atoms. The fraction of sp³-hybridized carbons (Fsp3) is 0.190. The Bertz CT molecular complexity index is 948. The predicted molar refractivity (Wildman–Crippen MR) is 100 cm³/mol. The normalized spacial score (nSPS) is 10.6. The minimum absolute atomic E-state index is 0.116. The molecule has 5 heteroatoms. The summed E-state index contributed by atoms with van der Waals surface area (Å²) in [6.07, 6.45) is 0. The summed E-state index contributed by atoms with van der Waals surface area (Å²) < 4.78 is 16.1. The molecule has 1 N–H and O–H groups in total. The Balaban J connectivity index is 2.43. The maximum Gasteiger partial charge on any atom is 0.341 e. The summed E-state index contributed by atoms with van der Waals surface area (Å²) in [7, 11) is 3.10. The molecule has 5 nitrogen and oxygen atoms in total. The predicted octanol–water partition coefficient (Wildman–Crippen LogP) is 4.41. The van der Waals surface area contributed by atoms with Gasteiger partial charge in [0.1, 0.15) is 11.3 Å². The van der Waals surface area contributed by atoms with Gasteiger partial charge in [-0.1, -0.05) is 30.3 Å². The minimum Gasteiger partial charge on any atom is -0.506 e. The molecule has 0 aliphatic rings. The first-order valence-corrected chi connectivity index (χ1v) is 8.25. The molecule has 0 saturated carbocycles. The Morgan fingerprint density at radius 3 is 2.38 bits per heavy atom. The molecule has 0 saturated heterocycles. The third-order valence-corrected chi connectivity index (χ3v) is 4.19. The second-order valence-electron chi connectivity index (χ2n) is 5.63. The molecule has 0 spiro atoms. The van der Waals surface area contributed by atoms with E-state index < -0.39 is 5.97 Å². The van der Waals surface area contributed by atoms with Crippen molar-refractivity contribution in [3.63, 3.8) is 0 Å². The third kappa shape index (κ3) is 2.92. The molecule has 0 atom stereocenters. The summed E-state index contributed by atoms with van der Waals surface area (Å²) >= 11 is 0. The number of hydrogen-bond acceptors (Lipinski definition) is 5. The van der Waals surface area contributed by atoms with Crippen LogP contribution in [0.5, 0.6) is 17.2 Å². The smallest absolute Gasteiger partial charge is 0.341 e. The van der Waals surface area contributed by atoms with Gasteiger partial charge in [-0.25, -0.2) is 4.79 Å². The van der Waals surface area contributed by atoms with Gasteiger partial charge in [0.2, 0.25) is 0 Å². The zero-order valence-corrected chi connectivity index (χ0v) is 14.9. The molecule has 3 aromatic rings. The largest absolute Gasteiger partial charge is 0.506 e. The van der Waals surface area contributed by atoms with E-state index >= 15 is 0 Å². The van der Waals surface area contributed by atoms with Crippen LogP contribution in [0, 0.1) is 0 Å². The number of phenolic OH excluding ortho intramolecular Hbond substituents is 1.